The maximum absolute atomic E-state index is 12.3. The van der Waals surface area contributed by atoms with Crippen LogP contribution in [0.15, 0.2) is 29.6 Å². The van der Waals surface area contributed by atoms with Gasteiger partial charge in [-0.25, -0.2) is 4.90 Å². The maximum Gasteiger partial charge on any atom is 0.270 e. The summed E-state index contributed by atoms with van der Waals surface area (Å²) in [5, 5.41) is 1.62. The van der Waals surface area contributed by atoms with Gasteiger partial charge in [0.05, 0.1) is 19.6 Å². The van der Waals surface area contributed by atoms with E-state index >= 15 is 0 Å². The molecule has 1 aliphatic heterocycles. The summed E-state index contributed by atoms with van der Waals surface area (Å²) < 4.78 is 0.905. The molecule has 0 spiro atoms. The molecule has 0 fully saturated rings. The molecule has 100 valence electrons. The Labute approximate surface area is 131 Å². The van der Waals surface area contributed by atoms with Crippen LogP contribution in [0.1, 0.15) is 31.1 Å². The van der Waals surface area contributed by atoms with E-state index in [0.717, 1.165) is 2.88 Å². The van der Waals surface area contributed by atoms with Crippen LogP contribution in [0.4, 0.5) is 5.69 Å². The number of carbonyl (C=O) groups is 3. The number of halogens is 1. The molecular weight excluding hydrogens is 391 g/mol. The standard InChI is InChI=1S/C13H7IN2O3S/c14-9-4-6(5-20-9)11(17)16-12(18)7-2-1-3-8(15)10(7)13(16)19/h1-5H,15H2. The van der Waals surface area contributed by atoms with E-state index in [2.05, 4.69) is 22.6 Å². The number of hydrogen-bond acceptors (Lipinski definition) is 5. The third-order valence-corrected chi connectivity index (χ3v) is 4.75. The van der Waals surface area contributed by atoms with Gasteiger partial charge in [-0.3, -0.25) is 14.4 Å². The van der Waals surface area contributed by atoms with Crippen molar-refractivity contribution in [1.29, 1.82) is 0 Å². The first-order valence-corrected chi connectivity index (χ1v) is 7.52. The number of benzene rings is 1. The van der Waals surface area contributed by atoms with E-state index in [9.17, 15) is 14.4 Å². The van der Waals surface area contributed by atoms with Crippen LogP contribution >= 0.6 is 33.9 Å². The average Bonchev–Trinajstić information content (AvgIpc) is 2.94. The molecule has 0 atom stereocenters. The van der Waals surface area contributed by atoms with Crippen LogP contribution in [0.5, 0.6) is 0 Å². The predicted molar refractivity (Wildman–Crippen MR) is 82.7 cm³/mol. The number of carbonyl (C=O) groups excluding carboxylic acids is 3. The fourth-order valence-corrected chi connectivity index (χ4v) is 3.37. The number of thiophene rings is 1. The van der Waals surface area contributed by atoms with Crippen LogP contribution in [0, 0.1) is 2.88 Å². The molecule has 7 heteroatoms. The highest BCUT2D eigenvalue weighted by molar-refractivity contribution is 14.1. The zero-order valence-corrected chi connectivity index (χ0v) is 12.9. The zero-order valence-electron chi connectivity index (χ0n) is 9.92. The molecule has 0 saturated carbocycles. The van der Waals surface area contributed by atoms with Crippen LogP contribution in [0.3, 0.4) is 0 Å². The number of hydrogen-bond donors (Lipinski definition) is 1. The lowest BCUT2D eigenvalue weighted by Crippen LogP contribution is -2.36. The molecular formula is C13H7IN2O3S. The molecule has 2 aromatic rings. The highest BCUT2D eigenvalue weighted by Gasteiger charge is 2.41. The number of nitrogen functional groups attached to an aromatic ring is 1. The Morgan fingerprint density at radius 1 is 1.25 bits per heavy atom. The first-order valence-electron chi connectivity index (χ1n) is 5.56. The molecule has 0 aliphatic carbocycles. The Morgan fingerprint density at radius 3 is 2.60 bits per heavy atom. The Hall–Kier alpha value is -1.74. The molecule has 5 nitrogen and oxygen atoms in total. The second-order valence-corrected chi connectivity index (χ2v) is 6.97. The smallest absolute Gasteiger partial charge is 0.270 e. The fraction of sp³-hybridized carbons (Fsp3) is 0. The van der Waals surface area contributed by atoms with Gasteiger partial charge in [0.2, 0.25) is 0 Å². The monoisotopic (exact) mass is 398 g/mol. The molecule has 1 aromatic heterocycles. The van der Waals surface area contributed by atoms with E-state index in [1.165, 1.54) is 23.5 Å². The number of anilines is 1. The predicted octanol–water partition coefficient (Wildman–Crippen LogP) is 2.37. The second kappa shape index (κ2) is 4.67. The number of fused-ring (bicyclic) bond motifs is 1. The van der Waals surface area contributed by atoms with E-state index in [4.69, 9.17) is 5.73 Å². The summed E-state index contributed by atoms with van der Waals surface area (Å²) in [5.74, 6) is -1.90. The number of rotatable bonds is 1. The van der Waals surface area contributed by atoms with E-state index in [-0.39, 0.29) is 16.8 Å². The van der Waals surface area contributed by atoms with Crippen molar-refractivity contribution in [2.75, 3.05) is 5.73 Å². The second-order valence-electron chi connectivity index (χ2n) is 4.16. The van der Waals surface area contributed by atoms with Gasteiger partial charge in [0.1, 0.15) is 0 Å². The van der Waals surface area contributed by atoms with Gasteiger partial charge in [-0.15, -0.1) is 11.3 Å². The van der Waals surface area contributed by atoms with Gasteiger partial charge in [0, 0.05) is 11.1 Å². The van der Waals surface area contributed by atoms with Crippen molar-refractivity contribution in [3.8, 4) is 0 Å². The van der Waals surface area contributed by atoms with Crippen LogP contribution in [-0.2, 0) is 0 Å². The molecule has 0 saturated heterocycles. The first-order chi connectivity index (χ1) is 9.50. The Balaban J connectivity index is 2.06. The third-order valence-electron chi connectivity index (χ3n) is 2.96. The molecule has 0 radical (unpaired) electrons. The lowest BCUT2D eigenvalue weighted by atomic mass is 10.1. The molecule has 0 bridgehead atoms. The van der Waals surface area contributed by atoms with Gasteiger partial charge in [-0.2, -0.15) is 0 Å². The molecule has 2 heterocycles. The topological polar surface area (TPSA) is 80.5 Å². The lowest BCUT2D eigenvalue weighted by Gasteiger charge is -2.10. The summed E-state index contributed by atoms with van der Waals surface area (Å²) in [6.45, 7) is 0. The zero-order chi connectivity index (χ0) is 14.4. The molecule has 20 heavy (non-hydrogen) atoms. The number of nitrogens with two attached hydrogens (primary N) is 1. The maximum atomic E-state index is 12.3. The Bertz CT molecular complexity index is 769. The third kappa shape index (κ3) is 1.85. The summed E-state index contributed by atoms with van der Waals surface area (Å²) in [4.78, 5) is 37.4. The van der Waals surface area contributed by atoms with Gasteiger partial charge in [-0.1, -0.05) is 6.07 Å². The van der Waals surface area contributed by atoms with E-state index in [1.807, 2.05) is 0 Å². The van der Waals surface area contributed by atoms with Crippen molar-refractivity contribution in [1.82, 2.24) is 4.90 Å². The molecule has 1 aliphatic rings. The van der Waals surface area contributed by atoms with E-state index < -0.39 is 17.7 Å². The van der Waals surface area contributed by atoms with E-state index in [0.29, 0.717) is 10.5 Å². The molecule has 3 rings (SSSR count). The summed E-state index contributed by atoms with van der Waals surface area (Å²) in [5.41, 5.74) is 6.53. The Morgan fingerprint density at radius 2 is 2.00 bits per heavy atom. The number of imide groups is 3. The van der Waals surface area contributed by atoms with Crippen LogP contribution in [0.2, 0.25) is 0 Å². The van der Waals surface area contributed by atoms with Crippen molar-refractivity contribution in [2.45, 2.75) is 0 Å². The highest BCUT2D eigenvalue weighted by atomic mass is 127. The first kappa shape index (κ1) is 13.3. The van der Waals surface area contributed by atoms with Crippen molar-refractivity contribution < 1.29 is 14.4 Å². The van der Waals surface area contributed by atoms with Crippen LogP contribution in [0.25, 0.3) is 0 Å². The van der Waals surface area contributed by atoms with Gasteiger partial charge in [0.15, 0.2) is 0 Å². The normalized spacial score (nSPS) is 13.8. The summed E-state index contributed by atoms with van der Waals surface area (Å²) in [7, 11) is 0. The minimum absolute atomic E-state index is 0.107. The number of amides is 3. The largest absolute Gasteiger partial charge is 0.398 e. The molecule has 2 N–H and O–H groups in total. The van der Waals surface area contributed by atoms with Gasteiger partial charge in [-0.05, 0) is 40.8 Å². The Kier molecular flexibility index (Phi) is 3.09. The van der Waals surface area contributed by atoms with Crippen molar-refractivity contribution in [2.24, 2.45) is 0 Å². The summed E-state index contributed by atoms with van der Waals surface area (Å²) in [6.07, 6.45) is 0. The minimum Gasteiger partial charge on any atom is -0.398 e. The number of nitrogens with zero attached hydrogens (tertiary/aromatic N) is 1. The minimum atomic E-state index is -0.658. The van der Waals surface area contributed by atoms with Gasteiger partial charge >= 0.3 is 0 Å². The lowest BCUT2D eigenvalue weighted by molar-refractivity contribution is 0.0566. The van der Waals surface area contributed by atoms with Gasteiger partial charge in [0.25, 0.3) is 17.7 Å². The quantitative estimate of drug-likeness (QED) is 0.455. The highest BCUT2D eigenvalue weighted by Crippen LogP contribution is 2.29. The average molecular weight is 398 g/mol. The SMILES string of the molecule is Nc1cccc2c1C(=O)N(C(=O)c1csc(I)c1)C2=O. The molecule has 3 amide bonds. The van der Waals surface area contributed by atoms with Crippen molar-refractivity contribution in [3.63, 3.8) is 0 Å². The van der Waals surface area contributed by atoms with Crippen molar-refractivity contribution in [3.05, 3.63) is 49.2 Å². The van der Waals surface area contributed by atoms with E-state index in [1.54, 1.807) is 17.5 Å². The molecule has 1 aromatic carbocycles. The van der Waals surface area contributed by atoms with Crippen LogP contribution in [-0.4, -0.2) is 22.6 Å². The van der Waals surface area contributed by atoms with Crippen LogP contribution < -0.4 is 5.73 Å². The van der Waals surface area contributed by atoms with Gasteiger partial charge < -0.3 is 5.73 Å². The van der Waals surface area contributed by atoms with Crippen molar-refractivity contribution >= 4 is 57.3 Å². The summed E-state index contributed by atoms with van der Waals surface area (Å²) >= 11 is 3.44. The fourth-order valence-electron chi connectivity index (χ4n) is 2.05. The summed E-state index contributed by atoms with van der Waals surface area (Å²) in [6, 6.07) is 6.25. The molecule has 0 unspecified atom stereocenters.